The van der Waals surface area contributed by atoms with E-state index in [-0.39, 0.29) is 11.6 Å². The lowest BCUT2D eigenvalue weighted by atomic mass is 9.81. The number of nitrogens with two attached hydrogens (primary N) is 1. The number of piperidine rings is 1. The van der Waals surface area contributed by atoms with Gasteiger partial charge >= 0.3 is 6.09 Å². The highest BCUT2D eigenvalue weighted by atomic mass is 16.6. The van der Waals surface area contributed by atoms with Crippen molar-refractivity contribution >= 4 is 6.09 Å². The molecule has 4 nitrogen and oxygen atoms in total. The predicted molar refractivity (Wildman–Crippen MR) is 68.8 cm³/mol. The van der Waals surface area contributed by atoms with Crippen molar-refractivity contribution in [3.05, 3.63) is 0 Å². The first-order chi connectivity index (χ1) is 7.59. The van der Waals surface area contributed by atoms with E-state index in [0.29, 0.717) is 5.92 Å². The molecule has 100 valence electrons. The standard InChI is InChI=1S/C13H26N2O2/c1-12(2,3)17-11(16)15-8-6-10(7-9-15)13(4,5)14/h10H,6-9,14H2,1-5H3. The first kappa shape index (κ1) is 14.3. The predicted octanol–water partition coefficient (Wildman–Crippen LogP) is 2.37. The second-order valence-electron chi connectivity index (χ2n) is 6.56. The van der Waals surface area contributed by atoms with Crippen LogP contribution in [0, 0.1) is 5.92 Å². The molecule has 1 saturated heterocycles. The van der Waals surface area contributed by atoms with E-state index in [1.54, 1.807) is 4.90 Å². The van der Waals surface area contributed by atoms with Gasteiger partial charge in [-0.2, -0.15) is 0 Å². The molecule has 17 heavy (non-hydrogen) atoms. The molecule has 1 aliphatic rings. The van der Waals surface area contributed by atoms with E-state index in [4.69, 9.17) is 10.5 Å². The lowest BCUT2D eigenvalue weighted by Crippen LogP contribution is -2.49. The van der Waals surface area contributed by atoms with Crippen LogP contribution in [-0.2, 0) is 4.74 Å². The van der Waals surface area contributed by atoms with Crippen molar-refractivity contribution in [1.29, 1.82) is 0 Å². The zero-order chi connectivity index (χ0) is 13.3. The Hall–Kier alpha value is -0.770. The van der Waals surface area contributed by atoms with Gasteiger partial charge < -0.3 is 15.4 Å². The van der Waals surface area contributed by atoms with E-state index < -0.39 is 5.60 Å². The molecule has 1 rings (SSSR count). The highest BCUT2D eigenvalue weighted by molar-refractivity contribution is 5.68. The first-order valence-electron chi connectivity index (χ1n) is 6.36. The second kappa shape index (κ2) is 4.84. The Morgan fingerprint density at radius 1 is 1.18 bits per heavy atom. The van der Waals surface area contributed by atoms with Gasteiger partial charge in [-0.3, -0.25) is 0 Å². The SMILES string of the molecule is CC(C)(C)OC(=O)N1CCC(C(C)(C)N)CC1. The molecule has 0 unspecified atom stereocenters. The Balaban J connectivity index is 2.45. The highest BCUT2D eigenvalue weighted by Gasteiger charge is 2.32. The summed E-state index contributed by atoms with van der Waals surface area (Å²) in [6.45, 7) is 11.3. The number of hydrogen-bond donors (Lipinski definition) is 1. The fraction of sp³-hybridized carbons (Fsp3) is 0.923. The average molecular weight is 242 g/mol. The molecule has 0 aliphatic carbocycles. The zero-order valence-corrected chi connectivity index (χ0v) is 11.7. The average Bonchev–Trinajstić information content (AvgIpc) is 2.14. The summed E-state index contributed by atoms with van der Waals surface area (Å²) in [6.07, 6.45) is 1.72. The van der Waals surface area contributed by atoms with E-state index >= 15 is 0 Å². The van der Waals surface area contributed by atoms with Gasteiger partial charge in [0.25, 0.3) is 0 Å². The number of carbonyl (C=O) groups is 1. The van der Waals surface area contributed by atoms with Crippen molar-refractivity contribution in [2.45, 2.75) is 58.6 Å². The van der Waals surface area contributed by atoms with E-state index in [2.05, 4.69) is 13.8 Å². The Bertz CT molecular complexity index is 268. The van der Waals surface area contributed by atoms with Crippen LogP contribution in [0.5, 0.6) is 0 Å². The van der Waals surface area contributed by atoms with Gasteiger partial charge in [0.1, 0.15) is 5.60 Å². The molecule has 0 aromatic rings. The lowest BCUT2D eigenvalue weighted by molar-refractivity contribution is 0.0156. The third-order valence-corrected chi connectivity index (χ3v) is 3.20. The minimum absolute atomic E-state index is 0.153. The molecule has 4 heteroatoms. The number of likely N-dealkylation sites (tertiary alicyclic amines) is 1. The number of carbonyl (C=O) groups excluding carboxylic acids is 1. The molecule has 0 aromatic carbocycles. The van der Waals surface area contributed by atoms with Crippen LogP contribution in [0.2, 0.25) is 0 Å². The van der Waals surface area contributed by atoms with Gasteiger partial charge in [0.15, 0.2) is 0 Å². The van der Waals surface area contributed by atoms with Crippen molar-refractivity contribution in [3.63, 3.8) is 0 Å². The summed E-state index contributed by atoms with van der Waals surface area (Å²) in [4.78, 5) is 13.6. The van der Waals surface area contributed by atoms with E-state index in [0.717, 1.165) is 25.9 Å². The summed E-state index contributed by atoms with van der Waals surface area (Å²) in [6, 6.07) is 0. The van der Waals surface area contributed by atoms with Crippen LogP contribution in [0.1, 0.15) is 47.5 Å². The number of ether oxygens (including phenoxy) is 1. The Kier molecular flexibility index (Phi) is 4.07. The molecule has 1 amide bonds. The Labute approximate surface area is 104 Å². The first-order valence-corrected chi connectivity index (χ1v) is 6.36. The van der Waals surface area contributed by atoms with Crippen LogP contribution in [0.15, 0.2) is 0 Å². The van der Waals surface area contributed by atoms with Gasteiger partial charge in [0.2, 0.25) is 0 Å². The second-order valence-corrected chi connectivity index (χ2v) is 6.56. The molecule has 0 aromatic heterocycles. The smallest absolute Gasteiger partial charge is 0.410 e. The Morgan fingerprint density at radius 2 is 1.65 bits per heavy atom. The van der Waals surface area contributed by atoms with Crippen LogP contribution in [0.25, 0.3) is 0 Å². The topological polar surface area (TPSA) is 55.6 Å². The lowest BCUT2D eigenvalue weighted by Gasteiger charge is -2.38. The third-order valence-electron chi connectivity index (χ3n) is 3.20. The van der Waals surface area contributed by atoms with Gasteiger partial charge in [-0.25, -0.2) is 4.79 Å². The molecular formula is C13H26N2O2. The molecular weight excluding hydrogens is 216 g/mol. The molecule has 0 saturated carbocycles. The molecule has 1 fully saturated rings. The van der Waals surface area contributed by atoms with Gasteiger partial charge in [-0.05, 0) is 53.4 Å². The summed E-state index contributed by atoms with van der Waals surface area (Å²) < 4.78 is 5.35. The summed E-state index contributed by atoms with van der Waals surface area (Å²) >= 11 is 0. The van der Waals surface area contributed by atoms with Crippen molar-refractivity contribution < 1.29 is 9.53 Å². The zero-order valence-electron chi connectivity index (χ0n) is 11.7. The highest BCUT2D eigenvalue weighted by Crippen LogP contribution is 2.26. The van der Waals surface area contributed by atoms with Crippen LogP contribution >= 0.6 is 0 Å². The molecule has 0 atom stereocenters. The maximum atomic E-state index is 11.8. The number of nitrogens with zero attached hydrogens (tertiary/aromatic N) is 1. The van der Waals surface area contributed by atoms with Crippen molar-refractivity contribution in [3.8, 4) is 0 Å². The van der Waals surface area contributed by atoms with E-state index in [9.17, 15) is 4.79 Å². The minimum Gasteiger partial charge on any atom is -0.444 e. The summed E-state index contributed by atoms with van der Waals surface area (Å²) in [5.74, 6) is 0.487. The number of amides is 1. The molecule has 0 spiro atoms. The van der Waals surface area contributed by atoms with Crippen LogP contribution in [0.4, 0.5) is 4.79 Å². The van der Waals surface area contributed by atoms with Gasteiger partial charge in [-0.1, -0.05) is 0 Å². The molecule has 0 bridgehead atoms. The molecule has 1 aliphatic heterocycles. The molecule has 2 N–H and O–H groups in total. The largest absolute Gasteiger partial charge is 0.444 e. The quantitative estimate of drug-likeness (QED) is 0.768. The normalized spacial score (nSPS) is 19.3. The third kappa shape index (κ3) is 4.54. The van der Waals surface area contributed by atoms with Crippen molar-refractivity contribution in [2.75, 3.05) is 13.1 Å². The van der Waals surface area contributed by atoms with Gasteiger partial charge in [0.05, 0.1) is 0 Å². The summed E-state index contributed by atoms with van der Waals surface area (Å²) in [7, 11) is 0. The number of rotatable bonds is 1. The minimum atomic E-state index is -0.416. The summed E-state index contributed by atoms with van der Waals surface area (Å²) in [5, 5.41) is 0. The fourth-order valence-corrected chi connectivity index (χ4v) is 2.13. The van der Waals surface area contributed by atoms with E-state index in [1.165, 1.54) is 0 Å². The molecule has 1 heterocycles. The van der Waals surface area contributed by atoms with Gasteiger partial charge in [-0.15, -0.1) is 0 Å². The maximum Gasteiger partial charge on any atom is 0.410 e. The van der Waals surface area contributed by atoms with Gasteiger partial charge in [0, 0.05) is 18.6 Å². The maximum absolute atomic E-state index is 11.8. The van der Waals surface area contributed by atoms with Crippen LogP contribution < -0.4 is 5.73 Å². The van der Waals surface area contributed by atoms with E-state index in [1.807, 2.05) is 20.8 Å². The summed E-state index contributed by atoms with van der Waals surface area (Å²) in [5.41, 5.74) is 5.53. The monoisotopic (exact) mass is 242 g/mol. The van der Waals surface area contributed by atoms with Crippen LogP contribution in [0.3, 0.4) is 0 Å². The fourth-order valence-electron chi connectivity index (χ4n) is 2.13. The number of hydrogen-bond acceptors (Lipinski definition) is 3. The van der Waals surface area contributed by atoms with Crippen molar-refractivity contribution in [1.82, 2.24) is 4.90 Å². The Morgan fingerprint density at radius 3 is 2.00 bits per heavy atom. The van der Waals surface area contributed by atoms with Crippen molar-refractivity contribution in [2.24, 2.45) is 11.7 Å². The van der Waals surface area contributed by atoms with Crippen LogP contribution in [-0.4, -0.2) is 35.2 Å². The molecule has 0 radical (unpaired) electrons.